The second-order valence-electron chi connectivity index (χ2n) is 5.36. The number of benzene rings is 2. The molecule has 122 valence electrons. The Hall–Kier alpha value is -3.13. The molecular weight excluding hydrogens is 304 g/mol. The Balaban J connectivity index is 2.53. The van der Waals surface area contributed by atoms with Crippen LogP contribution in [0, 0.1) is 11.3 Å². The van der Waals surface area contributed by atoms with Gasteiger partial charge in [-0.3, -0.25) is 9.69 Å². The normalized spacial score (nSPS) is 12.5. The van der Waals surface area contributed by atoms with E-state index >= 15 is 0 Å². The van der Waals surface area contributed by atoms with Crippen molar-refractivity contribution in [1.29, 1.82) is 5.26 Å². The first-order chi connectivity index (χ1) is 11.5. The molecule has 0 N–H and O–H groups in total. The molecular formula is C19H18N2O3. The molecule has 0 saturated carbocycles. The van der Waals surface area contributed by atoms with Crippen LogP contribution < -0.4 is 0 Å². The molecule has 0 unspecified atom stereocenters. The summed E-state index contributed by atoms with van der Waals surface area (Å²) in [5.74, 6) is -0.442. The van der Waals surface area contributed by atoms with Gasteiger partial charge < -0.3 is 4.74 Å². The highest BCUT2D eigenvalue weighted by Gasteiger charge is 2.46. The summed E-state index contributed by atoms with van der Waals surface area (Å²) in [6, 6.07) is 19.7. The Morgan fingerprint density at radius 3 is 2.12 bits per heavy atom. The van der Waals surface area contributed by atoms with Crippen molar-refractivity contribution in [2.45, 2.75) is 12.0 Å². The van der Waals surface area contributed by atoms with Crippen LogP contribution in [0.5, 0.6) is 0 Å². The Morgan fingerprint density at radius 2 is 1.62 bits per heavy atom. The zero-order valence-corrected chi connectivity index (χ0v) is 13.6. The van der Waals surface area contributed by atoms with E-state index in [9.17, 15) is 14.9 Å². The fourth-order valence-electron chi connectivity index (χ4n) is 2.53. The Morgan fingerprint density at radius 1 is 1.08 bits per heavy atom. The van der Waals surface area contributed by atoms with Gasteiger partial charge in [-0.25, -0.2) is 4.79 Å². The minimum Gasteiger partial charge on any atom is -0.453 e. The van der Waals surface area contributed by atoms with Gasteiger partial charge >= 0.3 is 6.09 Å². The molecule has 2 aromatic rings. The third-order valence-electron chi connectivity index (χ3n) is 3.92. The lowest BCUT2D eigenvalue weighted by Gasteiger charge is -2.34. The van der Waals surface area contributed by atoms with Crippen molar-refractivity contribution in [1.82, 2.24) is 4.90 Å². The molecule has 5 nitrogen and oxygen atoms in total. The molecule has 0 aliphatic rings. The van der Waals surface area contributed by atoms with E-state index in [-0.39, 0.29) is 6.42 Å². The van der Waals surface area contributed by atoms with Crippen LogP contribution in [0.15, 0.2) is 60.7 Å². The molecule has 0 aliphatic carbocycles. The van der Waals surface area contributed by atoms with E-state index in [1.807, 2.05) is 30.3 Å². The molecule has 1 atom stereocenters. The molecule has 24 heavy (non-hydrogen) atoms. The van der Waals surface area contributed by atoms with Crippen molar-refractivity contribution in [2.75, 3.05) is 14.2 Å². The van der Waals surface area contributed by atoms with Crippen LogP contribution in [0.25, 0.3) is 0 Å². The SMILES string of the molecule is COC(=O)N(C)[C@](C#N)(Cc1ccccc1)C(=O)c1ccccc1. The third-order valence-corrected chi connectivity index (χ3v) is 3.92. The number of carbonyl (C=O) groups is 2. The smallest absolute Gasteiger partial charge is 0.410 e. The van der Waals surface area contributed by atoms with Crippen LogP contribution in [0.3, 0.4) is 0 Å². The lowest BCUT2D eigenvalue weighted by molar-refractivity contribution is 0.0676. The van der Waals surface area contributed by atoms with Gasteiger partial charge in [0.2, 0.25) is 5.78 Å². The second-order valence-corrected chi connectivity index (χ2v) is 5.36. The molecule has 2 rings (SSSR count). The van der Waals surface area contributed by atoms with E-state index in [0.29, 0.717) is 5.56 Å². The summed E-state index contributed by atoms with van der Waals surface area (Å²) in [5, 5.41) is 9.86. The second kappa shape index (κ2) is 7.42. The van der Waals surface area contributed by atoms with Gasteiger partial charge in [-0.15, -0.1) is 0 Å². The van der Waals surface area contributed by atoms with Crippen molar-refractivity contribution in [2.24, 2.45) is 0 Å². The van der Waals surface area contributed by atoms with E-state index < -0.39 is 17.4 Å². The lowest BCUT2D eigenvalue weighted by Crippen LogP contribution is -2.56. The molecule has 1 amide bonds. The van der Waals surface area contributed by atoms with Crippen LogP contribution in [-0.2, 0) is 11.2 Å². The summed E-state index contributed by atoms with van der Waals surface area (Å²) >= 11 is 0. The molecule has 0 bridgehead atoms. The molecule has 0 fully saturated rings. The summed E-state index contributed by atoms with van der Waals surface area (Å²) in [7, 11) is 2.62. The molecule has 0 aliphatic heterocycles. The minimum absolute atomic E-state index is 0.0731. The molecule has 5 heteroatoms. The van der Waals surface area contributed by atoms with Gasteiger partial charge in [0, 0.05) is 19.0 Å². The van der Waals surface area contributed by atoms with Crippen molar-refractivity contribution >= 4 is 11.9 Å². The first-order valence-corrected chi connectivity index (χ1v) is 7.42. The zero-order valence-electron chi connectivity index (χ0n) is 13.6. The number of ether oxygens (including phenoxy) is 1. The summed E-state index contributed by atoms with van der Waals surface area (Å²) in [5.41, 5.74) is -0.541. The fourth-order valence-corrected chi connectivity index (χ4v) is 2.53. The number of nitrogens with zero attached hydrogens (tertiary/aromatic N) is 2. The highest BCUT2D eigenvalue weighted by atomic mass is 16.5. The predicted octanol–water partition coefficient (Wildman–Crippen LogP) is 3.07. The van der Waals surface area contributed by atoms with Gasteiger partial charge in [0.1, 0.15) is 0 Å². The van der Waals surface area contributed by atoms with Gasteiger partial charge in [-0.1, -0.05) is 60.7 Å². The van der Waals surface area contributed by atoms with Gasteiger partial charge in [0.15, 0.2) is 5.54 Å². The maximum Gasteiger partial charge on any atom is 0.410 e. The van der Waals surface area contributed by atoms with Gasteiger partial charge in [0.25, 0.3) is 0 Å². The molecule has 0 spiro atoms. The largest absolute Gasteiger partial charge is 0.453 e. The Labute approximate surface area is 141 Å². The van der Waals surface area contributed by atoms with Crippen molar-refractivity contribution in [3.05, 3.63) is 71.8 Å². The molecule has 2 aromatic carbocycles. The lowest BCUT2D eigenvalue weighted by atomic mass is 9.83. The molecule has 0 radical (unpaired) electrons. The number of amides is 1. The van der Waals surface area contributed by atoms with E-state index in [1.165, 1.54) is 14.2 Å². The first-order valence-electron chi connectivity index (χ1n) is 7.42. The van der Waals surface area contributed by atoms with Crippen LogP contribution in [0.1, 0.15) is 15.9 Å². The molecule has 0 saturated heterocycles. The van der Waals surface area contributed by atoms with E-state index in [0.717, 1.165) is 10.5 Å². The topological polar surface area (TPSA) is 70.4 Å². The number of ketones is 1. The number of methoxy groups -OCH3 is 1. The van der Waals surface area contributed by atoms with Gasteiger partial charge in [0.05, 0.1) is 13.2 Å². The van der Waals surface area contributed by atoms with Crippen molar-refractivity contribution < 1.29 is 14.3 Å². The van der Waals surface area contributed by atoms with Crippen LogP contribution in [-0.4, -0.2) is 36.5 Å². The quantitative estimate of drug-likeness (QED) is 0.793. The van der Waals surface area contributed by atoms with E-state index in [4.69, 9.17) is 4.74 Å². The zero-order chi connectivity index (χ0) is 17.6. The van der Waals surface area contributed by atoms with E-state index in [2.05, 4.69) is 6.07 Å². The Bertz CT molecular complexity index is 753. The molecule has 0 aromatic heterocycles. The first kappa shape index (κ1) is 17.2. The summed E-state index contributed by atoms with van der Waals surface area (Å²) in [4.78, 5) is 26.2. The maximum atomic E-state index is 13.1. The summed E-state index contributed by atoms with van der Waals surface area (Å²) < 4.78 is 4.73. The van der Waals surface area contributed by atoms with Crippen LogP contribution in [0.4, 0.5) is 4.79 Å². The highest BCUT2D eigenvalue weighted by molar-refractivity contribution is 6.07. The fraction of sp³-hybridized carbons (Fsp3) is 0.211. The number of likely N-dealkylation sites (N-methyl/N-ethyl adjacent to an activating group) is 1. The molecule has 0 heterocycles. The summed E-state index contributed by atoms with van der Waals surface area (Å²) in [6.45, 7) is 0. The minimum atomic E-state index is -1.68. The van der Waals surface area contributed by atoms with Crippen molar-refractivity contribution in [3.63, 3.8) is 0 Å². The van der Waals surface area contributed by atoms with Crippen LogP contribution in [0.2, 0.25) is 0 Å². The van der Waals surface area contributed by atoms with Crippen LogP contribution >= 0.6 is 0 Å². The number of hydrogen-bond acceptors (Lipinski definition) is 4. The monoisotopic (exact) mass is 322 g/mol. The number of hydrogen-bond donors (Lipinski definition) is 0. The number of Topliss-reactive ketones (excluding diaryl/α,β-unsaturated/α-hetero) is 1. The maximum absolute atomic E-state index is 13.1. The standard InChI is InChI=1S/C19H18N2O3/c1-21(18(23)24-2)19(14-20,13-15-9-5-3-6-10-15)17(22)16-11-7-4-8-12-16/h3-12H,13H2,1-2H3/t19-/m0/s1. The van der Waals surface area contributed by atoms with Gasteiger partial charge in [-0.05, 0) is 5.56 Å². The average Bonchev–Trinajstić information content (AvgIpc) is 2.66. The van der Waals surface area contributed by atoms with E-state index in [1.54, 1.807) is 30.3 Å². The number of nitriles is 1. The third kappa shape index (κ3) is 3.28. The number of carbonyl (C=O) groups excluding carboxylic acids is 2. The average molecular weight is 322 g/mol. The number of rotatable bonds is 5. The summed E-state index contributed by atoms with van der Waals surface area (Å²) in [6.07, 6.45) is -0.666. The van der Waals surface area contributed by atoms with Crippen molar-refractivity contribution in [3.8, 4) is 6.07 Å². The Kier molecular flexibility index (Phi) is 5.33. The predicted molar refractivity (Wildman–Crippen MR) is 89.4 cm³/mol. The highest BCUT2D eigenvalue weighted by Crippen LogP contribution is 2.25. The van der Waals surface area contributed by atoms with Gasteiger partial charge in [-0.2, -0.15) is 5.26 Å².